The Kier molecular flexibility index (Phi) is 5.12. The minimum absolute atomic E-state index is 0.0214. The van der Waals surface area contributed by atoms with Crippen LogP contribution < -0.4 is 10.3 Å². The van der Waals surface area contributed by atoms with Crippen LogP contribution in [0.3, 0.4) is 0 Å². The summed E-state index contributed by atoms with van der Waals surface area (Å²) >= 11 is 5.54. The Labute approximate surface area is 132 Å². The summed E-state index contributed by atoms with van der Waals surface area (Å²) < 4.78 is 36.9. The Bertz CT molecular complexity index is 782. The smallest absolute Gasteiger partial charge is 0.257 e. The molecule has 8 heteroatoms. The lowest BCUT2D eigenvalue weighted by Gasteiger charge is -2.09. The number of halogens is 2. The number of carbonyl (C=O) groups is 1. The second-order valence-corrected chi connectivity index (χ2v) is 6.48. The molecule has 0 aliphatic heterocycles. The fourth-order valence-electron chi connectivity index (χ4n) is 1.65. The number of rotatable bonds is 5. The Balaban J connectivity index is 2.00. The molecule has 0 aromatic heterocycles. The number of hydrogen-bond acceptors (Lipinski definition) is 3. The van der Waals surface area contributed by atoms with Crippen molar-refractivity contribution in [2.75, 3.05) is 0 Å². The Morgan fingerprint density at radius 2 is 1.82 bits per heavy atom. The van der Waals surface area contributed by atoms with E-state index in [0.717, 1.165) is 23.8 Å². The van der Waals surface area contributed by atoms with E-state index in [4.69, 9.17) is 11.6 Å². The molecule has 1 amide bonds. The second kappa shape index (κ2) is 6.87. The summed E-state index contributed by atoms with van der Waals surface area (Å²) in [6, 6.07) is 11.8. The highest BCUT2D eigenvalue weighted by molar-refractivity contribution is 7.89. The lowest BCUT2D eigenvalue weighted by Crippen LogP contribution is -2.42. The summed E-state index contributed by atoms with van der Waals surface area (Å²) in [5.41, 5.74) is 2.83. The van der Waals surface area contributed by atoms with Gasteiger partial charge in [-0.25, -0.2) is 12.8 Å². The first kappa shape index (κ1) is 16.4. The first-order valence-electron chi connectivity index (χ1n) is 6.18. The normalized spacial score (nSPS) is 11.2. The van der Waals surface area contributed by atoms with Crippen molar-refractivity contribution >= 4 is 27.5 Å². The molecule has 0 spiro atoms. The minimum atomic E-state index is -4.02. The highest BCUT2D eigenvalue weighted by Gasteiger charge is 2.16. The van der Waals surface area contributed by atoms with Crippen molar-refractivity contribution in [2.24, 2.45) is 0 Å². The van der Waals surface area contributed by atoms with Crippen molar-refractivity contribution in [1.82, 2.24) is 10.3 Å². The fraction of sp³-hybridized carbons (Fsp3) is 0.0714. The van der Waals surface area contributed by atoms with Crippen LogP contribution >= 0.6 is 11.6 Å². The van der Waals surface area contributed by atoms with Crippen molar-refractivity contribution in [1.29, 1.82) is 0 Å². The number of sulfonamides is 1. The SMILES string of the molecule is O=C(Cc1ccccc1)NNS(=O)(=O)c1ccc(F)c(Cl)c1. The van der Waals surface area contributed by atoms with Gasteiger partial charge in [0.25, 0.3) is 10.0 Å². The quantitative estimate of drug-likeness (QED) is 0.816. The molecule has 0 heterocycles. The maximum Gasteiger partial charge on any atom is 0.257 e. The van der Waals surface area contributed by atoms with E-state index in [2.05, 4.69) is 5.43 Å². The van der Waals surface area contributed by atoms with Crippen molar-refractivity contribution in [3.05, 3.63) is 64.9 Å². The number of hydrazine groups is 1. The molecule has 0 fully saturated rings. The maximum absolute atomic E-state index is 13.0. The summed E-state index contributed by atoms with van der Waals surface area (Å²) in [4.78, 5) is 13.4. The van der Waals surface area contributed by atoms with E-state index in [1.807, 2.05) is 10.9 Å². The first-order chi connectivity index (χ1) is 10.4. The molecule has 2 rings (SSSR count). The monoisotopic (exact) mass is 342 g/mol. The van der Waals surface area contributed by atoms with Crippen LogP contribution in [-0.2, 0) is 21.2 Å². The molecular formula is C14H12ClFN2O3S. The van der Waals surface area contributed by atoms with Gasteiger partial charge in [0.1, 0.15) is 5.82 Å². The molecule has 22 heavy (non-hydrogen) atoms. The predicted octanol–water partition coefficient (Wildman–Crippen LogP) is 2.03. The average Bonchev–Trinajstić information content (AvgIpc) is 2.49. The van der Waals surface area contributed by atoms with E-state index in [9.17, 15) is 17.6 Å². The molecular weight excluding hydrogens is 331 g/mol. The molecule has 0 aliphatic rings. The number of benzene rings is 2. The van der Waals surface area contributed by atoms with Crippen LogP contribution in [0.1, 0.15) is 5.56 Å². The number of hydrogen-bond donors (Lipinski definition) is 2. The van der Waals surface area contributed by atoms with Gasteiger partial charge in [0, 0.05) is 0 Å². The zero-order valence-electron chi connectivity index (χ0n) is 11.2. The predicted molar refractivity (Wildman–Crippen MR) is 80.0 cm³/mol. The third kappa shape index (κ3) is 4.27. The highest BCUT2D eigenvalue weighted by atomic mass is 35.5. The lowest BCUT2D eigenvalue weighted by atomic mass is 10.1. The molecule has 0 bridgehead atoms. The number of nitrogens with one attached hydrogen (secondary N) is 2. The van der Waals surface area contributed by atoms with Crippen molar-refractivity contribution < 1.29 is 17.6 Å². The molecule has 0 radical (unpaired) electrons. The summed E-state index contributed by atoms with van der Waals surface area (Å²) in [7, 11) is -4.02. The summed E-state index contributed by atoms with van der Waals surface area (Å²) in [5.74, 6) is -1.25. The zero-order chi connectivity index (χ0) is 16.2. The third-order valence-corrected chi connectivity index (χ3v) is 4.27. The molecule has 2 N–H and O–H groups in total. The van der Waals surface area contributed by atoms with Gasteiger partial charge in [0.15, 0.2) is 0 Å². The maximum atomic E-state index is 13.0. The third-order valence-electron chi connectivity index (χ3n) is 2.73. The van der Waals surface area contributed by atoms with Gasteiger partial charge in [0.05, 0.1) is 16.3 Å². The van der Waals surface area contributed by atoms with Gasteiger partial charge >= 0.3 is 0 Å². The Morgan fingerprint density at radius 3 is 2.45 bits per heavy atom. The van der Waals surface area contributed by atoms with Crippen LogP contribution in [0.15, 0.2) is 53.4 Å². The molecule has 0 unspecified atom stereocenters. The van der Waals surface area contributed by atoms with Crippen LogP contribution in [0.2, 0.25) is 5.02 Å². The highest BCUT2D eigenvalue weighted by Crippen LogP contribution is 2.18. The largest absolute Gasteiger partial charge is 0.277 e. The molecule has 2 aromatic rings. The van der Waals surface area contributed by atoms with Crippen LogP contribution in [0.5, 0.6) is 0 Å². The lowest BCUT2D eigenvalue weighted by molar-refractivity contribution is -0.120. The van der Waals surface area contributed by atoms with Gasteiger partial charge in [-0.2, -0.15) is 0 Å². The summed E-state index contributed by atoms with van der Waals surface area (Å²) in [5, 5.41) is -0.321. The summed E-state index contributed by atoms with van der Waals surface area (Å²) in [6.45, 7) is 0. The van der Waals surface area contributed by atoms with Crippen LogP contribution in [0.25, 0.3) is 0 Å². The second-order valence-electron chi connectivity index (χ2n) is 4.39. The number of carbonyl (C=O) groups excluding carboxylic acids is 1. The topological polar surface area (TPSA) is 75.3 Å². The van der Waals surface area contributed by atoms with Gasteiger partial charge in [-0.1, -0.05) is 41.9 Å². The van der Waals surface area contributed by atoms with Crippen LogP contribution in [0, 0.1) is 5.82 Å². The minimum Gasteiger partial charge on any atom is -0.277 e. The molecule has 116 valence electrons. The van der Waals surface area contributed by atoms with Gasteiger partial charge in [-0.3, -0.25) is 10.2 Å². The first-order valence-corrected chi connectivity index (χ1v) is 8.04. The Hall–Kier alpha value is -1.96. The zero-order valence-corrected chi connectivity index (χ0v) is 12.8. The average molecular weight is 343 g/mol. The fourth-order valence-corrected chi connectivity index (χ4v) is 2.78. The molecule has 0 aliphatic carbocycles. The van der Waals surface area contributed by atoms with E-state index in [-0.39, 0.29) is 16.3 Å². The molecule has 0 saturated carbocycles. The van der Waals surface area contributed by atoms with E-state index < -0.39 is 21.7 Å². The molecule has 2 aromatic carbocycles. The summed E-state index contributed by atoms with van der Waals surface area (Å²) in [6.07, 6.45) is 0.0214. The van der Waals surface area contributed by atoms with E-state index in [1.165, 1.54) is 0 Å². The van der Waals surface area contributed by atoms with Crippen LogP contribution in [0.4, 0.5) is 4.39 Å². The Morgan fingerprint density at radius 1 is 1.14 bits per heavy atom. The van der Waals surface area contributed by atoms with Crippen molar-refractivity contribution in [2.45, 2.75) is 11.3 Å². The standard InChI is InChI=1S/C14H12ClFN2O3S/c15-12-9-11(6-7-13(12)16)22(20,21)18-17-14(19)8-10-4-2-1-3-5-10/h1-7,9,18H,8H2,(H,17,19). The van der Waals surface area contributed by atoms with Gasteiger partial charge in [0.2, 0.25) is 5.91 Å². The van der Waals surface area contributed by atoms with Crippen LogP contribution in [-0.4, -0.2) is 14.3 Å². The molecule has 0 saturated heterocycles. The van der Waals surface area contributed by atoms with Crippen molar-refractivity contribution in [3.8, 4) is 0 Å². The van der Waals surface area contributed by atoms with Crippen molar-refractivity contribution in [3.63, 3.8) is 0 Å². The van der Waals surface area contributed by atoms with E-state index in [0.29, 0.717) is 0 Å². The van der Waals surface area contributed by atoms with Gasteiger partial charge in [-0.05, 0) is 23.8 Å². The number of amides is 1. The molecule has 5 nitrogen and oxygen atoms in total. The van der Waals surface area contributed by atoms with Gasteiger partial charge in [-0.15, -0.1) is 4.83 Å². The molecule has 0 atom stereocenters. The van der Waals surface area contributed by atoms with E-state index >= 15 is 0 Å². The van der Waals surface area contributed by atoms with E-state index in [1.54, 1.807) is 24.3 Å². The van der Waals surface area contributed by atoms with Gasteiger partial charge < -0.3 is 0 Å².